The van der Waals surface area contributed by atoms with Crippen LogP contribution in [0, 0.1) is 0 Å². The lowest BCUT2D eigenvalue weighted by Crippen LogP contribution is -2.22. The van der Waals surface area contributed by atoms with Gasteiger partial charge in [-0.25, -0.2) is 14.8 Å². The first kappa shape index (κ1) is 23.1. The van der Waals surface area contributed by atoms with E-state index in [1.807, 2.05) is 24.3 Å². The molecule has 0 aliphatic carbocycles. The summed E-state index contributed by atoms with van der Waals surface area (Å²) in [6, 6.07) is 14.4. The molecule has 0 spiro atoms. The van der Waals surface area contributed by atoms with Crippen LogP contribution >= 0.6 is 11.3 Å². The van der Waals surface area contributed by atoms with Crippen LogP contribution in [0.4, 0.5) is 10.8 Å². The van der Waals surface area contributed by atoms with Gasteiger partial charge in [0.2, 0.25) is 11.8 Å². The van der Waals surface area contributed by atoms with Crippen LogP contribution in [0.25, 0.3) is 0 Å². The summed E-state index contributed by atoms with van der Waals surface area (Å²) < 4.78 is 11.1. The molecular formula is C25H22N4O4S. The number of hydrogen-bond acceptors (Lipinski definition) is 8. The van der Waals surface area contributed by atoms with Crippen molar-refractivity contribution in [3.8, 4) is 11.6 Å². The topological polar surface area (TPSA) is 94.5 Å². The van der Waals surface area contributed by atoms with Crippen LogP contribution in [0.3, 0.4) is 0 Å². The highest BCUT2D eigenvalue weighted by atomic mass is 32.1. The summed E-state index contributed by atoms with van der Waals surface area (Å²) >= 11 is 1.30. The molecule has 0 fully saturated rings. The molecule has 0 bridgehead atoms. The molecule has 8 nitrogen and oxygen atoms in total. The van der Waals surface area contributed by atoms with Gasteiger partial charge in [0.15, 0.2) is 5.13 Å². The predicted octanol–water partition coefficient (Wildman–Crippen LogP) is 5.33. The Hall–Kier alpha value is -4.11. The molecule has 1 amide bonds. The number of benzene rings is 1. The molecule has 172 valence electrons. The molecule has 3 heterocycles. The van der Waals surface area contributed by atoms with Crippen LogP contribution in [-0.2, 0) is 22.6 Å². The molecule has 9 heteroatoms. The Morgan fingerprint density at radius 3 is 2.56 bits per heavy atom. The van der Waals surface area contributed by atoms with Crippen LogP contribution in [0.1, 0.15) is 35.5 Å². The molecule has 3 aromatic heterocycles. The molecule has 0 N–H and O–H groups in total. The second-order valence-corrected chi connectivity index (χ2v) is 8.06. The molecule has 0 aliphatic rings. The lowest BCUT2D eigenvalue weighted by atomic mass is 10.1. The summed E-state index contributed by atoms with van der Waals surface area (Å²) in [4.78, 5) is 39.2. The molecule has 0 saturated carbocycles. The number of carbonyl (C=O) groups is 2. The van der Waals surface area contributed by atoms with Crippen molar-refractivity contribution < 1.29 is 19.1 Å². The molecule has 1 aromatic carbocycles. The standard InChI is InChI=1S/C25H22N4O4S/c1-3-18-8-10-20(11-9-18)29(17(2)30)25-28-19(16-34-25)15-32-24(31)22-7-5-13-27-23(22)33-21-6-4-12-26-14-21/h4-14,16H,3,15H2,1-2H3. The maximum absolute atomic E-state index is 12.7. The van der Waals surface area contributed by atoms with Gasteiger partial charge in [0.05, 0.1) is 17.6 Å². The molecule has 4 aromatic rings. The zero-order valence-corrected chi connectivity index (χ0v) is 19.5. The summed E-state index contributed by atoms with van der Waals surface area (Å²) in [5, 5.41) is 2.26. The van der Waals surface area contributed by atoms with Crippen LogP contribution in [0.15, 0.2) is 72.5 Å². The minimum absolute atomic E-state index is 0.0585. The van der Waals surface area contributed by atoms with Crippen molar-refractivity contribution in [2.75, 3.05) is 4.90 Å². The predicted molar refractivity (Wildman–Crippen MR) is 128 cm³/mol. The van der Waals surface area contributed by atoms with Gasteiger partial charge < -0.3 is 9.47 Å². The van der Waals surface area contributed by atoms with Gasteiger partial charge in [-0.05, 0) is 48.4 Å². The molecule has 0 unspecified atom stereocenters. The third-order valence-corrected chi connectivity index (χ3v) is 5.71. The number of amides is 1. The summed E-state index contributed by atoms with van der Waals surface area (Å²) in [5.74, 6) is -0.178. The number of hydrogen-bond donors (Lipinski definition) is 0. The minimum Gasteiger partial charge on any atom is -0.455 e. The van der Waals surface area contributed by atoms with E-state index in [0.29, 0.717) is 16.6 Å². The van der Waals surface area contributed by atoms with Crippen molar-refractivity contribution in [1.82, 2.24) is 15.0 Å². The van der Waals surface area contributed by atoms with Gasteiger partial charge in [-0.15, -0.1) is 11.3 Å². The van der Waals surface area contributed by atoms with Crippen LogP contribution < -0.4 is 9.64 Å². The smallest absolute Gasteiger partial charge is 0.344 e. The van der Waals surface area contributed by atoms with Gasteiger partial charge in [0.25, 0.3) is 0 Å². The van der Waals surface area contributed by atoms with E-state index in [-0.39, 0.29) is 24.0 Å². The summed E-state index contributed by atoms with van der Waals surface area (Å²) in [6.45, 7) is 3.50. The Morgan fingerprint density at radius 2 is 1.85 bits per heavy atom. The number of aromatic nitrogens is 3. The van der Waals surface area contributed by atoms with Gasteiger partial charge in [0.1, 0.15) is 17.9 Å². The van der Waals surface area contributed by atoms with E-state index >= 15 is 0 Å². The maximum Gasteiger partial charge on any atom is 0.344 e. The largest absolute Gasteiger partial charge is 0.455 e. The first-order valence-corrected chi connectivity index (χ1v) is 11.5. The van der Waals surface area contributed by atoms with E-state index in [4.69, 9.17) is 9.47 Å². The van der Waals surface area contributed by atoms with E-state index in [0.717, 1.165) is 12.1 Å². The number of anilines is 2. The Morgan fingerprint density at radius 1 is 1.06 bits per heavy atom. The number of rotatable bonds is 8. The fourth-order valence-electron chi connectivity index (χ4n) is 3.14. The summed E-state index contributed by atoms with van der Waals surface area (Å²) in [5.41, 5.74) is 2.63. The number of nitrogens with zero attached hydrogens (tertiary/aromatic N) is 4. The highest BCUT2D eigenvalue weighted by Crippen LogP contribution is 2.30. The summed E-state index contributed by atoms with van der Waals surface area (Å²) in [7, 11) is 0. The minimum atomic E-state index is -0.597. The average Bonchev–Trinajstić information content (AvgIpc) is 3.32. The number of thiazole rings is 1. The first-order chi connectivity index (χ1) is 16.5. The second kappa shape index (κ2) is 10.7. The Bertz CT molecular complexity index is 1280. The number of ether oxygens (including phenoxy) is 2. The van der Waals surface area contributed by atoms with Crippen LogP contribution in [-0.4, -0.2) is 26.8 Å². The highest BCUT2D eigenvalue weighted by Gasteiger charge is 2.20. The third kappa shape index (κ3) is 5.44. The van der Waals surface area contributed by atoms with Gasteiger partial charge in [-0.3, -0.25) is 14.7 Å². The van der Waals surface area contributed by atoms with E-state index in [9.17, 15) is 9.59 Å². The van der Waals surface area contributed by atoms with E-state index in [1.54, 1.807) is 35.8 Å². The molecule has 0 atom stereocenters. The average molecular weight is 475 g/mol. The number of esters is 1. The van der Waals surface area contributed by atoms with Crippen LogP contribution in [0.2, 0.25) is 0 Å². The van der Waals surface area contributed by atoms with E-state index < -0.39 is 5.97 Å². The van der Waals surface area contributed by atoms with Crippen molar-refractivity contribution in [3.63, 3.8) is 0 Å². The number of carbonyl (C=O) groups excluding carboxylic acids is 2. The van der Waals surface area contributed by atoms with E-state index in [2.05, 4.69) is 21.9 Å². The van der Waals surface area contributed by atoms with Gasteiger partial charge in [0, 0.05) is 24.7 Å². The highest BCUT2D eigenvalue weighted by molar-refractivity contribution is 7.14. The van der Waals surface area contributed by atoms with Gasteiger partial charge in [-0.2, -0.15) is 0 Å². The van der Waals surface area contributed by atoms with Crippen molar-refractivity contribution in [2.45, 2.75) is 26.9 Å². The Kier molecular flexibility index (Phi) is 7.24. The maximum atomic E-state index is 12.7. The zero-order chi connectivity index (χ0) is 23.9. The summed E-state index contributed by atoms with van der Waals surface area (Å²) in [6.07, 6.45) is 5.59. The Balaban J connectivity index is 1.45. The zero-order valence-electron chi connectivity index (χ0n) is 18.7. The fraction of sp³-hybridized carbons (Fsp3) is 0.160. The molecule has 0 saturated heterocycles. The normalized spacial score (nSPS) is 10.5. The third-order valence-electron chi connectivity index (χ3n) is 4.84. The first-order valence-electron chi connectivity index (χ1n) is 10.6. The molecule has 0 aliphatic heterocycles. The molecular weight excluding hydrogens is 452 g/mol. The number of aryl methyl sites for hydroxylation is 1. The molecule has 4 rings (SSSR count). The Labute approximate surface area is 200 Å². The SMILES string of the molecule is CCc1ccc(N(C(C)=O)c2nc(COC(=O)c3cccnc3Oc3cccnc3)cs2)cc1. The quantitative estimate of drug-likeness (QED) is 0.319. The second-order valence-electron chi connectivity index (χ2n) is 7.22. The molecule has 34 heavy (non-hydrogen) atoms. The lowest BCUT2D eigenvalue weighted by Gasteiger charge is -2.18. The van der Waals surface area contributed by atoms with Crippen LogP contribution in [0.5, 0.6) is 11.6 Å². The van der Waals surface area contributed by atoms with E-state index in [1.165, 1.54) is 41.1 Å². The van der Waals surface area contributed by atoms with Crippen molar-refractivity contribution >= 4 is 34.0 Å². The van der Waals surface area contributed by atoms with Crippen molar-refractivity contribution in [2.24, 2.45) is 0 Å². The van der Waals surface area contributed by atoms with Crippen molar-refractivity contribution in [1.29, 1.82) is 0 Å². The lowest BCUT2D eigenvalue weighted by molar-refractivity contribution is -0.115. The fourth-order valence-corrected chi connectivity index (χ4v) is 4.01. The van der Waals surface area contributed by atoms with Crippen molar-refractivity contribution in [3.05, 3.63) is 89.3 Å². The monoisotopic (exact) mass is 474 g/mol. The van der Waals surface area contributed by atoms with Gasteiger partial charge >= 0.3 is 5.97 Å². The number of pyridine rings is 2. The van der Waals surface area contributed by atoms with Gasteiger partial charge in [-0.1, -0.05) is 19.1 Å². The molecule has 0 radical (unpaired) electrons.